The molecule has 1 N–H and O–H groups in total. The summed E-state index contributed by atoms with van der Waals surface area (Å²) in [7, 11) is 2.03. The monoisotopic (exact) mass is 162 g/mol. The average molecular weight is 162 g/mol. The number of hydrogen-bond acceptors (Lipinski definition) is 2. The van der Waals surface area contributed by atoms with Gasteiger partial charge in [0.25, 0.3) is 0 Å². The molecule has 12 heavy (non-hydrogen) atoms. The van der Waals surface area contributed by atoms with E-state index in [1.54, 1.807) is 0 Å². The molecule has 0 spiro atoms. The first-order valence-corrected chi connectivity index (χ1v) is 4.38. The van der Waals surface area contributed by atoms with Crippen molar-refractivity contribution in [2.24, 2.45) is 0 Å². The predicted molar refractivity (Wildman–Crippen MR) is 48.9 cm³/mol. The summed E-state index contributed by atoms with van der Waals surface area (Å²) < 4.78 is 0. The smallest absolute Gasteiger partial charge is 0.0451 e. The van der Waals surface area contributed by atoms with E-state index in [9.17, 15) is 0 Å². The topological polar surface area (TPSA) is 24.9 Å². The lowest BCUT2D eigenvalue weighted by molar-refractivity contribution is 0.580. The van der Waals surface area contributed by atoms with Gasteiger partial charge in [-0.15, -0.1) is 0 Å². The van der Waals surface area contributed by atoms with Crippen LogP contribution in [0.1, 0.15) is 24.0 Å². The molecule has 1 fully saturated rings. The van der Waals surface area contributed by atoms with Gasteiger partial charge in [-0.3, -0.25) is 4.98 Å². The van der Waals surface area contributed by atoms with Crippen molar-refractivity contribution < 1.29 is 0 Å². The van der Waals surface area contributed by atoms with Crippen molar-refractivity contribution in [2.75, 3.05) is 7.05 Å². The van der Waals surface area contributed by atoms with Gasteiger partial charge >= 0.3 is 0 Å². The molecule has 0 saturated heterocycles. The van der Waals surface area contributed by atoms with Crippen molar-refractivity contribution in [3.63, 3.8) is 0 Å². The molecule has 0 amide bonds. The normalized spacial score (nSPS) is 19.2. The van der Waals surface area contributed by atoms with Crippen LogP contribution in [0.4, 0.5) is 0 Å². The zero-order valence-electron chi connectivity index (χ0n) is 7.59. The molecule has 64 valence electrons. The largest absolute Gasteiger partial charge is 0.310 e. The Kier molecular flexibility index (Phi) is 1.65. The van der Waals surface area contributed by atoms with E-state index in [1.165, 1.54) is 24.0 Å². The van der Waals surface area contributed by atoms with E-state index >= 15 is 0 Å². The summed E-state index contributed by atoms with van der Waals surface area (Å²) in [4.78, 5) is 4.16. The Bertz CT molecular complexity index is 290. The lowest BCUT2D eigenvalue weighted by Crippen LogP contribution is -2.25. The number of pyridine rings is 1. The first-order chi connectivity index (χ1) is 5.78. The minimum absolute atomic E-state index is 0.262. The van der Waals surface area contributed by atoms with Crippen molar-refractivity contribution in [3.8, 4) is 0 Å². The average Bonchev–Trinajstić information content (AvgIpc) is 2.86. The van der Waals surface area contributed by atoms with Crippen LogP contribution in [0.5, 0.6) is 0 Å². The van der Waals surface area contributed by atoms with E-state index in [-0.39, 0.29) is 5.54 Å². The number of nitrogens with zero attached hydrogens (tertiary/aromatic N) is 1. The quantitative estimate of drug-likeness (QED) is 0.714. The van der Waals surface area contributed by atoms with Gasteiger partial charge < -0.3 is 5.32 Å². The summed E-state index contributed by atoms with van der Waals surface area (Å²) in [5, 5.41) is 3.37. The van der Waals surface area contributed by atoms with E-state index in [0.717, 1.165) is 0 Å². The Morgan fingerprint density at radius 1 is 1.50 bits per heavy atom. The van der Waals surface area contributed by atoms with Crippen LogP contribution in [0.3, 0.4) is 0 Å². The van der Waals surface area contributed by atoms with Crippen LogP contribution in [0.15, 0.2) is 18.5 Å². The fourth-order valence-corrected chi connectivity index (χ4v) is 1.74. The highest BCUT2D eigenvalue weighted by Crippen LogP contribution is 2.45. The van der Waals surface area contributed by atoms with Gasteiger partial charge in [-0.1, -0.05) is 0 Å². The molecule has 2 nitrogen and oxygen atoms in total. The molecule has 1 heterocycles. The molecule has 0 aliphatic heterocycles. The number of rotatable bonds is 2. The first-order valence-electron chi connectivity index (χ1n) is 4.38. The fourth-order valence-electron chi connectivity index (χ4n) is 1.74. The molecule has 0 radical (unpaired) electrons. The Hall–Kier alpha value is -0.890. The van der Waals surface area contributed by atoms with Gasteiger partial charge in [-0.05, 0) is 44.0 Å². The number of hydrogen-bond donors (Lipinski definition) is 1. The zero-order chi connectivity index (χ0) is 8.60. The first kappa shape index (κ1) is 7.74. The molecule has 0 unspecified atom stereocenters. The van der Waals surface area contributed by atoms with E-state index in [2.05, 4.69) is 23.3 Å². The third kappa shape index (κ3) is 1.03. The van der Waals surface area contributed by atoms with Crippen LogP contribution in [0, 0.1) is 6.92 Å². The molecule has 2 heteroatoms. The Balaban J connectivity index is 2.40. The second kappa shape index (κ2) is 2.56. The highest BCUT2D eigenvalue weighted by molar-refractivity contribution is 5.34. The van der Waals surface area contributed by atoms with Crippen molar-refractivity contribution in [1.82, 2.24) is 10.3 Å². The Labute approximate surface area is 73.0 Å². The standard InChI is InChI=1S/C10H14N2/c1-8-3-6-12-7-9(8)10(11-2)4-5-10/h3,6-7,11H,4-5H2,1-2H3. The predicted octanol–water partition coefficient (Wildman–Crippen LogP) is 1.60. The SMILES string of the molecule is CNC1(c2cnccc2C)CC1. The van der Waals surface area contributed by atoms with E-state index < -0.39 is 0 Å². The maximum Gasteiger partial charge on any atom is 0.0451 e. The third-order valence-corrected chi connectivity index (χ3v) is 2.78. The van der Waals surface area contributed by atoms with E-state index in [4.69, 9.17) is 0 Å². The molecule has 1 saturated carbocycles. The molecule has 0 aromatic carbocycles. The van der Waals surface area contributed by atoms with Gasteiger partial charge in [0.1, 0.15) is 0 Å². The van der Waals surface area contributed by atoms with Crippen LogP contribution in [0.2, 0.25) is 0 Å². The summed E-state index contributed by atoms with van der Waals surface area (Å²) >= 11 is 0. The van der Waals surface area contributed by atoms with Gasteiger partial charge in [0.05, 0.1) is 0 Å². The van der Waals surface area contributed by atoms with Crippen LogP contribution in [-0.2, 0) is 5.54 Å². The number of aryl methyl sites for hydroxylation is 1. The molecule has 0 bridgehead atoms. The van der Waals surface area contributed by atoms with Gasteiger partial charge in [-0.25, -0.2) is 0 Å². The summed E-state index contributed by atoms with van der Waals surface area (Å²) in [6.45, 7) is 2.15. The van der Waals surface area contributed by atoms with Crippen molar-refractivity contribution >= 4 is 0 Å². The van der Waals surface area contributed by atoms with Crippen LogP contribution >= 0.6 is 0 Å². The lowest BCUT2D eigenvalue weighted by atomic mass is 10.0. The van der Waals surface area contributed by atoms with E-state index in [1.807, 2.05) is 19.4 Å². The number of aromatic nitrogens is 1. The molecular weight excluding hydrogens is 148 g/mol. The maximum atomic E-state index is 4.16. The van der Waals surface area contributed by atoms with Crippen molar-refractivity contribution in [2.45, 2.75) is 25.3 Å². The van der Waals surface area contributed by atoms with E-state index in [0.29, 0.717) is 0 Å². The summed E-state index contributed by atoms with van der Waals surface area (Å²) in [5.74, 6) is 0. The minimum Gasteiger partial charge on any atom is -0.310 e. The highest BCUT2D eigenvalue weighted by atomic mass is 15.0. The second-order valence-electron chi connectivity index (χ2n) is 3.52. The molecular formula is C10H14N2. The van der Waals surface area contributed by atoms with Crippen LogP contribution in [0.25, 0.3) is 0 Å². The lowest BCUT2D eigenvalue weighted by Gasteiger charge is -2.16. The number of nitrogens with one attached hydrogen (secondary N) is 1. The van der Waals surface area contributed by atoms with Crippen LogP contribution < -0.4 is 5.32 Å². The molecule has 2 rings (SSSR count). The summed E-state index contributed by atoms with van der Waals surface area (Å²) in [5.41, 5.74) is 2.97. The Morgan fingerprint density at radius 2 is 2.25 bits per heavy atom. The van der Waals surface area contributed by atoms with Crippen molar-refractivity contribution in [3.05, 3.63) is 29.6 Å². The van der Waals surface area contributed by atoms with Gasteiger partial charge in [0.15, 0.2) is 0 Å². The highest BCUT2D eigenvalue weighted by Gasteiger charge is 2.43. The molecule has 1 aromatic rings. The zero-order valence-corrected chi connectivity index (χ0v) is 7.59. The molecule has 1 aliphatic carbocycles. The molecule has 1 aromatic heterocycles. The second-order valence-corrected chi connectivity index (χ2v) is 3.52. The third-order valence-electron chi connectivity index (χ3n) is 2.78. The summed E-state index contributed by atoms with van der Waals surface area (Å²) in [6.07, 6.45) is 6.33. The van der Waals surface area contributed by atoms with Crippen LogP contribution in [-0.4, -0.2) is 12.0 Å². The summed E-state index contributed by atoms with van der Waals surface area (Å²) in [6, 6.07) is 2.08. The van der Waals surface area contributed by atoms with Crippen molar-refractivity contribution in [1.29, 1.82) is 0 Å². The fraction of sp³-hybridized carbons (Fsp3) is 0.500. The van der Waals surface area contributed by atoms with Gasteiger partial charge in [-0.2, -0.15) is 0 Å². The van der Waals surface area contributed by atoms with Gasteiger partial charge in [0.2, 0.25) is 0 Å². The maximum absolute atomic E-state index is 4.16. The van der Waals surface area contributed by atoms with Gasteiger partial charge in [0, 0.05) is 17.9 Å². The Morgan fingerprint density at radius 3 is 2.75 bits per heavy atom. The minimum atomic E-state index is 0.262. The molecule has 1 aliphatic rings. The molecule has 0 atom stereocenters.